The van der Waals surface area contributed by atoms with Crippen molar-refractivity contribution in [3.8, 4) is 0 Å². The van der Waals surface area contributed by atoms with Crippen LogP contribution in [0.1, 0.15) is 48.3 Å². The molecule has 0 bridgehead atoms. The van der Waals surface area contributed by atoms with Crippen LogP contribution in [0.4, 0.5) is 10.1 Å². The summed E-state index contributed by atoms with van der Waals surface area (Å²) in [6.07, 6.45) is 5.22. The van der Waals surface area contributed by atoms with Crippen molar-refractivity contribution in [3.63, 3.8) is 0 Å². The van der Waals surface area contributed by atoms with Gasteiger partial charge in [-0.1, -0.05) is 18.2 Å². The number of sulfone groups is 1. The number of aryl methyl sites for hydroxylation is 1. The smallest absolute Gasteiger partial charge is 0.214 e. The van der Waals surface area contributed by atoms with Crippen LogP contribution in [0.2, 0.25) is 0 Å². The Bertz CT molecular complexity index is 1330. The highest BCUT2D eigenvalue weighted by Gasteiger charge is 2.30. The van der Waals surface area contributed by atoms with Crippen molar-refractivity contribution in [2.75, 3.05) is 18.0 Å². The van der Waals surface area contributed by atoms with Crippen molar-refractivity contribution in [2.24, 2.45) is 0 Å². The van der Waals surface area contributed by atoms with Gasteiger partial charge in [0.1, 0.15) is 5.82 Å². The molecule has 0 atom stereocenters. The molecule has 1 aliphatic carbocycles. The van der Waals surface area contributed by atoms with Crippen LogP contribution in [-0.4, -0.2) is 38.9 Å². The molecule has 36 heavy (non-hydrogen) atoms. The van der Waals surface area contributed by atoms with Gasteiger partial charge >= 0.3 is 0 Å². The predicted molar refractivity (Wildman–Crippen MR) is 138 cm³/mol. The van der Waals surface area contributed by atoms with Crippen LogP contribution in [0.15, 0.2) is 76.5 Å². The summed E-state index contributed by atoms with van der Waals surface area (Å²) < 4.78 is 38.8. The first-order valence-electron chi connectivity index (χ1n) is 12.5. The lowest BCUT2D eigenvalue weighted by Gasteiger charge is -2.33. The summed E-state index contributed by atoms with van der Waals surface area (Å²) in [4.78, 5) is 16.2. The van der Waals surface area contributed by atoms with Crippen LogP contribution in [-0.2, 0) is 21.2 Å². The number of halogens is 1. The van der Waals surface area contributed by atoms with Crippen molar-refractivity contribution < 1.29 is 17.6 Å². The monoisotopic (exact) mass is 506 g/mol. The molecule has 2 fully saturated rings. The number of carbonyl (C=O) groups excluding carboxylic acids is 1. The second-order valence-corrected chi connectivity index (χ2v) is 11.9. The molecule has 7 heteroatoms. The molecule has 0 spiro atoms. The number of rotatable bonds is 8. The van der Waals surface area contributed by atoms with Crippen molar-refractivity contribution in [2.45, 2.75) is 60.9 Å². The number of likely N-dealkylation sites (tertiary alicyclic amines) is 1. The first-order chi connectivity index (χ1) is 17.3. The summed E-state index contributed by atoms with van der Waals surface area (Å²) in [5.74, 6) is 0.00858. The van der Waals surface area contributed by atoms with Gasteiger partial charge in [-0.15, -0.1) is 0 Å². The maximum absolute atomic E-state index is 13.2. The fraction of sp³-hybridized carbons (Fsp3) is 0.345. The molecule has 3 aromatic carbocycles. The van der Waals surface area contributed by atoms with E-state index in [0.29, 0.717) is 12.0 Å². The zero-order chi connectivity index (χ0) is 25.3. The summed E-state index contributed by atoms with van der Waals surface area (Å²) in [5.41, 5.74) is 4.69. The van der Waals surface area contributed by atoms with Crippen molar-refractivity contribution in [1.29, 1.82) is 0 Å². The molecule has 1 amide bonds. The molecular formula is C29H31FN2O3S. The summed E-state index contributed by atoms with van der Waals surface area (Å²) in [6, 6.07) is 18.7. The first-order valence-corrected chi connectivity index (χ1v) is 14.0. The van der Waals surface area contributed by atoms with Gasteiger partial charge in [0.25, 0.3) is 0 Å². The van der Waals surface area contributed by atoms with Gasteiger partial charge in [-0.25, -0.2) is 12.8 Å². The molecule has 3 aromatic rings. The molecule has 1 aliphatic heterocycles. The van der Waals surface area contributed by atoms with E-state index in [2.05, 4.69) is 30.0 Å². The minimum Gasteiger partial charge on any atom is -0.312 e. The fourth-order valence-electron chi connectivity index (χ4n) is 5.12. The van der Waals surface area contributed by atoms with E-state index in [1.54, 1.807) is 12.1 Å². The molecule has 188 valence electrons. The van der Waals surface area contributed by atoms with Gasteiger partial charge in [0.05, 0.1) is 9.79 Å². The van der Waals surface area contributed by atoms with Gasteiger partial charge in [-0.3, -0.25) is 9.69 Å². The average molecular weight is 507 g/mol. The fourth-order valence-corrected chi connectivity index (χ4v) is 6.38. The van der Waals surface area contributed by atoms with E-state index in [0.717, 1.165) is 75.1 Å². The summed E-state index contributed by atoms with van der Waals surface area (Å²) in [7, 11) is -3.67. The van der Waals surface area contributed by atoms with E-state index in [9.17, 15) is 17.6 Å². The van der Waals surface area contributed by atoms with E-state index in [4.69, 9.17) is 0 Å². The Hall–Kier alpha value is -3.03. The Kier molecular flexibility index (Phi) is 6.95. The number of carbonyl (C=O) groups is 1. The zero-order valence-electron chi connectivity index (χ0n) is 20.4. The maximum atomic E-state index is 13.2. The zero-order valence-corrected chi connectivity index (χ0v) is 21.3. The van der Waals surface area contributed by atoms with Crippen LogP contribution in [0, 0.1) is 12.7 Å². The molecule has 1 heterocycles. The Labute approximate surface area is 212 Å². The lowest BCUT2D eigenvalue weighted by atomic mass is 9.86. The van der Waals surface area contributed by atoms with E-state index in [1.165, 1.54) is 23.3 Å². The normalized spacial score (nSPS) is 17.2. The molecule has 0 aromatic heterocycles. The average Bonchev–Trinajstić information content (AvgIpc) is 3.72. The van der Waals surface area contributed by atoms with E-state index >= 15 is 0 Å². The second-order valence-electron chi connectivity index (χ2n) is 9.94. The third-order valence-corrected chi connectivity index (χ3v) is 9.19. The number of piperidine rings is 1. The van der Waals surface area contributed by atoms with Gasteiger partial charge in [0.2, 0.25) is 16.2 Å². The van der Waals surface area contributed by atoms with Gasteiger partial charge in [0, 0.05) is 18.3 Å². The Morgan fingerprint density at radius 3 is 2.11 bits per heavy atom. The second kappa shape index (κ2) is 10.1. The number of benzene rings is 3. The van der Waals surface area contributed by atoms with Crippen LogP contribution < -0.4 is 4.90 Å². The van der Waals surface area contributed by atoms with Crippen molar-refractivity contribution >= 4 is 21.9 Å². The molecule has 5 rings (SSSR count). The summed E-state index contributed by atoms with van der Waals surface area (Å²) in [6.45, 7) is 4.84. The van der Waals surface area contributed by atoms with Gasteiger partial charge in [0.15, 0.2) is 0 Å². The molecule has 0 unspecified atom stereocenters. The lowest BCUT2D eigenvalue weighted by Crippen LogP contribution is -2.32. The number of hydrogen-bond acceptors (Lipinski definition) is 4. The Morgan fingerprint density at radius 2 is 1.53 bits per heavy atom. The predicted octanol–water partition coefficient (Wildman–Crippen LogP) is 5.47. The van der Waals surface area contributed by atoms with E-state index in [1.807, 2.05) is 17.0 Å². The van der Waals surface area contributed by atoms with Gasteiger partial charge in [-0.2, -0.15) is 0 Å². The van der Waals surface area contributed by atoms with Crippen LogP contribution in [0.25, 0.3) is 0 Å². The van der Waals surface area contributed by atoms with E-state index < -0.39 is 15.7 Å². The number of amides is 1. The number of nitrogens with zero attached hydrogens (tertiary/aromatic N) is 2. The molecular weight excluding hydrogens is 475 g/mol. The Morgan fingerprint density at radius 1 is 0.917 bits per heavy atom. The first kappa shape index (κ1) is 24.7. The lowest BCUT2D eigenvalue weighted by molar-refractivity contribution is -0.107. The van der Waals surface area contributed by atoms with Crippen LogP contribution in [0.5, 0.6) is 0 Å². The summed E-state index contributed by atoms with van der Waals surface area (Å²) >= 11 is 0. The maximum Gasteiger partial charge on any atom is 0.214 e. The highest BCUT2D eigenvalue weighted by molar-refractivity contribution is 7.91. The highest BCUT2D eigenvalue weighted by atomic mass is 32.2. The van der Waals surface area contributed by atoms with Crippen LogP contribution in [0.3, 0.4) is 0 Å². The van der Waals surface area contributed by atoms with Gasteiger partial charge in [-0.05, 0) is 117 Å². The Balaban J connectivity index is 1.21. The number of anilines is 1. The van der Waals surface area contributed by atoms with Crippen molar-refractivity contribution in [1.82, 2.24) is 4.90 Å². The molecule has 5 nitrogen and oxygen atoms in total. The largest absolute Gasteiger partial charge is 0.312 e. The summed E-state index contributed by atoms with van der Waals surface area (Å²) in [5, 5.41) is 0. The third-order valence-electron chi connectivity index (χ3n) is 7.41. The molecule has 1 saturated heterocycles. The topological polar surface area (TPSA) is 57.7 Å². The standard InChI is InChI=1S/C29H31FN2O3S/c1-21-2-7-26(32(20-33)25-8-9-25)18-29(21)23-14-16-31(17-15-23)19-22-3-10-27(11-4-22)36(34,35)28-12-5-24(30)6-13-28/h2-7,10-13,18,20,23,25H,8-9,14-17,19H2,1H3. The highest BCUT2D eigenvalue weighted by Crippen LogP contribution is 2.36. The molecule has 0 N–H and O–H groups in total. The minimum absolute atomic E-state index is 0.0893. The van der Waals surface area contributed by atoms with E-state index in [-0.39, 0.29) is 9.79 Å². The molecule has 2 aliphatic rings. The minimum atomic E-state index is -3.67. The molecule has 0 radical (unpaired) electrons. The quantitative estimate of drug-likeness (QED) is 0.300. The molecule has 1 saturated carbocycles. The number of hydrogen-bond donors (Lipinski definition) is 0. The third kappa shape index (κ3) is 5.22. The van der Waals surface area contributed by atoms with Crippen molar-refractivity contribution in [3.05, 3.63) is 89.2 Å². The van der Waals surface area contributed by atoms with Gasteiger partial charge < -0.3 is 4.90 Å². The SMILES string of the molecule is Cc1ccc(N(C=O)C2CC2)cc1C1CCN(Cc2ccc(S(=O)(=O)c3ccc(F)cc3)cc2)CC1. The van der Waals surface area contributed by atoms with Crippen LogP contribution >= 0.6 is 0 Å².